The molecule has 2 rings (SSSR count). The highest BCUT2D eigenvalue weighted by Crippen LogP contribution is 2.27. The quantitative estimate of drug-likeness (QED) is 0.879. The third-order valence-electron chi connectivity index (χ3n) is 2.90. The molecule has 0 unspecified atom stereocenters. The summed E-state index contributed by atoms with van der Waals surface area (Å²) < 4.78 is 18.3. The monoisotopic (exact) mass is 308 g/mol. The average molecular weight is 309 g/mol. The van der Waals surface area contributed by atoms with E-state index in [1.165, 1.54) is 24.3 Å². The van der Waals surface area contributed by atoms with Gasteiger partial charge in [-0.1, -0.05) is 23.7 Å². The van der Waals surface area contributed by atoms with Crippen molar-refractivity contribution in [3.05, 3.63) is 58.4 Å². The molecule has 0 bridgehead atoms. The van der Waals surface area contributed by atoms with Gasteiger partial charge in [0.1, 0.15) is 5.82 Å². The average Bonchev–Trinajstić information content (AvgIpc) is 2.46. The lowest BCUT2D eigenvalue weighted by Gasteiger charge is -2.07. The molecule has 0 radical (unpaired) electrons. The van der Waals surface area contributed by atoms with Crippen LogP contribution in [0.1, 0.15) is 20.7 Å². The number of ether oxygens (including phenoxy) is 1. The summed E-state index contributed by atoms with van der Waals surface area (Å²) in [6, 6.07) is 8.27. The van der Waals surface area contributed by atoms with Crippen LogP contribution in [0.4, 0.5) is 4.39 Å². The normalized spacial score (nSPS) is 10.2. The topological polar surface area (TPSA) is 63.6 Å². The molecule has 6 heteroatoms. The van der Waals surface area contributed by atoms with Crippen LogP contribution in [0.15, 0.2) is 36.4 Å². The van der Waals surface area contributed by atoms with Crippen molar-refractivity contribution in [1.82, 2.24) is 0 Å². The van der Waals surface area contributed by atoms with Crippen molar-refractivity contribution in [2.24, 2.45) is 0 Å². The van der Waals surface area contributed by atoms with E-state index >= 15 is 0 Å². The fraction of sp³-hybridized carbons (Fsp3) is 0.0667. The Labute approximate surface area is 124 Å². The van der Waals surface area contributed by atoms with Crippen molar-refractivity contribution < 1.29 is 23.8 Å². The highest BCUT2D eigenvalue weighted by molar-refractivity contribution is 6.33. The summed E-state index contributed by atoms with van der Waals surface area (Å²) in [7, 11) is 1.16. The summed E-state index contributed by atoms with van der Waals surface area (Å²) in [6.07, 6.45) is 0. The zero-order chi connectivity index (χ0) is 15.6. The van der Waals surface area contributed by atoms with E-state index in [0.717, 1.165) is 13.2 Å². The summed E-state index contributed by atoms with van der Waals surface area (Å²) in [5.41, 5.74) is 0.645. The van der Waals surface area contributed by atoms with Gasteiger partial charge in [-0.15, -0.1) is 0 Å². The van der Waals surface area contributed by atoms with Crippen LogP contribution in [0.2, 0.25) is 5.02 Å². The number of carboxylic acid groups (broad SMARTS) is 1. The Morgan fingerprint density at radius 2 is 1.71 bits per heavy atom. The van der Waals surface area contributed by atoms with E-state index in [2.05, 4.69) is 4.74 Å². The van der Waals surface area contributed by atoms with Gasteiger partial charge in [-0.3, -0.25) is 0 Å². The Balaban J connectivity index is 2.48. The lowest BCUT2D eigenvalue weighted by molar-refractivity contribution is 0.0594. The van der Waals surface area contributed by atoms with Gasteiger partial charge in [0, 0.05) is 0 Å². The van der Waals surface area contributed by atoms with Gasteiger partial charge in [-0.2, -0.15) is 0 Å². The van der Waals surface area contributed by atoms with Gasteiger partial charge in [-0.25, -0.2) is 14.0 Å². The molecular weight excluding hydrogens is 299 g/mol. The molecule has 0 aromatic heterocycles. The highest BCUT2D eigenvalue weighted by Gasteiger charge is 2.14. The first kappa shape index (κ1) is 15.0. The summed E-state index contributed by atoms with van der Waals surface area (Å²) >= 11 is 5.78. The number of halogens is 2. The molecule has 0 aliphatic carbocycles. The minimum Gasteiger partial charge on any atom is -0.478 e. The third kappa shape index (κ3) is 3.03. The van der Waals surface area contributed by atoms with E-state index in [1.807, 2.05) is 0 Å². The maximum atomic E-state index is 13.9. The molecule has 108 valence electrons. The molecule has 0 atom stereocenters. The fourth-order valence-electron chi connectivity index (χ4n) is 1.84. The van der Waals surface area contributed by atoms with Crippen LogP contribution in [0.3, 0.4) is 0 Å². The summed E-state index contributed by atoms with van der Waals surface area (Å²) in [5, 5.41) is 9.12. The summed E-state index contributed by atoms with van der Waals surface area (Å²) in [4.78, 5) is 22.3. The number of methoxy groups -OCH3 is 1. The van der Waals surface area contributed by atoms with E-state index in [1.54, 1.807) is 6.07 Å². The first-order valence-corrected chi connectivity index (χ1v) is 6.23. The number of carbonyl (C=O) groups excluding carboxylic acids is 1. The Bertz CT molecular complexity index is 728. The molecule has 2 aromatic carbocycles. The number of rotatable bonds is 3. The van der Waals surface area contributed by atoms with Crippen molar-refractivity contribution in [3.8, 4) is 11.1 Å². The van der Waals surface area contributed by atoms with Crippen LogP contribution in [-0.2, 0) is 4.74 Å². The number of aromatic carboxylic acids is 1. The molecule has 0 saturated carbocycles. The van der Waals surface area contributed by atoms with Crippen molar-refractivity contribution >= 4 is 23.5 Å². The first-order chi connectivity index (χ1) is 9.93. The lowest BCUT2D eigenvalue weighted by Crippen LogP contribution is -2.04. The van der Waals surface area contributed by atoms with E-state index < -0.39 is 17.8 Å². The predicted molar refractivity (Wildman–Crippen MR) is 75.1 cm³/mol. The minimum absolute atomic E-state index is 0.0772. The minimum atomic E-state index is -1.17. The predicted octanol–water partition coefficient (Wildman–Crippen LogP) is 3.63. The summed E-state index contributed by atoms with van der Waals surface area (Å²) in [6.45, 7) is 0. The van der Waals surface area contributed by atoms with Crippen molar-refractivity contribution in [3.63, 3.8) is 0 Å². The molecule has 2 aromatic rings. The molecule has 0 aliphatic heterocycles. The number of esters is 1. The molecule has 0 spiro atoms. The molecule has 0 saturated heterocycles. The maximum Gasteiger partial charge on any atom is 0.340 e. The van der Waals surface area contributed by atoms with Gasteiger partial charge in [0.2, 0.25) is 0 Å². The number of hydrogen-bond acceptors (Lipinski definition) is 3. The number of carboxylic acids is 1. The van der Waals surface area contributed by atoms with Crippen LogP contribution < -0.4 is 0 Å². The zero-order valence-corrected chi connectivity index (χ0v) is 11.6. The molecule has 0 fully saturated rings. The second-order valence-electron chi connectivity index (χ2n) is 4.19. The first-order valence-electron chi connectivity index (χ1n) is 5.85. The van der Waals surface area contributed by atoms with Crippen molar-refractivity contribution in [2.45, 2.75) is 0 Å². The van der Waals surface area contributed by atoms with Crippen LogP contribution in [0, 0.1) is 5.82 Å². The molecule has 21 heavy (non-hydrogen) atoms. The standard InChI is InChI=1S/C15H10ClFO4/c1-21-15(20)10-4-2-9(7-13(10)17)8-3-5-12(16)11(6-8)14(18)19/h2-7H,1H3,(H,18,19). The number of benzene rings is 2. The molecule has 0 heterocycles. The van der Waals surface area contributed by atoms with Gasteiger partial charge < -0.3 is 9.84 Å². The largest absolute Gasteiger partial charge is 0.478 e. The van der Waals surface area contributed by atoms with E-state index in [0.29, 0.717) is 11.1 Å². The Morgan fingerprint density at radius 1 is 1.10 bits per heavy atom. The van der Waals surface area contributed by atoms with Gasteiger partial charge in [0.25, 0.3) is 0 Å². The van der Waals surface area contributed by atoms with E-state index in [-0.39, 0.29) is 16.1 Å². The zero-order valence-electron chi connectivity index (χ0n) is 10.9. The van der Waals surface area contributed by atoms with Crippen LogP contribution in [-0.4, -0.2) is 24.2 Å². The van der Waals surface area contributed by atoms with E-state index in [9.17, 15) is 14.0 Å². The second kappa shape index (κ2) is 5.93. The fourth-order valence-corrected chi connectivity index (χ4v) is 2.04. The Kier molecular flexibility index (Phi) is 4.23. The van der Waals surface area contributed by atoms with Gasteiger partial charge >= 0.3 is 11.9 Å². The molecule has 0 amide bonds. The van der Waals surface area contributed by atoms with Crippen molar-refractivity contribution in [1.29, 1.82) is 0 Å². The lowest BCUT2D eigenvalue weighted by atomic mass is 10.0. The smallest absolute Gasteiger partial charge is 0.340 e. The van der Waals surface area contributed by atoms with Crippen molar-refractivity contribution in [2.75, 3.05) is 7.11 Å². The van der Waals surface area contributed by atoms with Crippen LogP contribution in [0.5, 0.6) is 0 Å². The van der Waals surface area contributed by atoms with Crippen LogP contribution in [0.25, 0.3) is 11.1 Å². The summed E-state index contributed by atoms with van der Waals surface area (Å²) in [5.74, 6) is -2.69. The Hall–Kier alpha value is -2.40. The molecule has 0 aliphatic rings. The number of hydrogen-bond donors (Lipinski definition) is 1. The SMILES string of the molecule is COC(=O)c1ccc(-c2ccc(Cl)c(C(=O)O)c2)cc1F. The second-order valence-corrected chi connectivity index (χ2v) is 4.59. The third-order valence-corrected chi connectivity index (χ3v) is 3.23. The van der Waals surface area contributed by atoms with Gasteiger partial charge in [-0.05, 0) is 35.4 Å². The Morgan fingerprint density at radius 3 is 2.29 bits per heavy atom. The maximum absolute atomic E-state index is 13.9. The molecule has 4 nitrogen and oxygen atoms in total. The van der Waals surface area contributed by atoms with Gasteiger partial charge in [0.05, 0.1) is 23.3 Å². The van der Waals surface area contributed by atoms with E-state index in [4.69, 9.17) is 16.7 Å². The van der Waals surface area contributed by atoms with Gasteiger partial charge in [0.15, 0.2) is 0 Å². The molecule has 1 N–H and O–H groups in total. The highest BCUT2D eigenvalue weighted by atomic mass is 35.5. The number of carbonyl (C=O) groups is 2. The molecular formula is C15H10ClFO4. The van der Waals surface area contributed by atoms with Crippen LogP contribution >= 0.6 is 11.6 Å².